The van der Waals surface area contributed by atoms with Gasteiger partial charge in [-0.3, -0.25) is 4.79 Å². The van der Waals surface area contributed by atoms with Gasteiger partial charge in [0.25, 0.3) is 5.91 Å². The molecular weight excluding hydrogens is 420 g/mol. The minimum Gasteiger partial charge on any atom is -0.336 e. The second-order valence-electron chi connectivity index (χ2n) is 9.39. The van der Waals surface area contributed by atoms with Crippen LogP contribution >= 0.6 is 11.3 Å². The Morgan fingerprint density at radius 2 is 1.69 bits per heavy atom. The number of nitrogens with zero attached hydrogens (tertiary/aromatic N) is 4. The minimum atomic E-state index is 0.0380. The Morgan fingerprint density at radius 3 is 2.38 bits per heavy atom. The van der Waals surface area contributed by atoms with E-state index < -0.39 is 0 Å². The molecule has 0 radical (unpaired) electrons. The summed E-state index contributed by atoms with van der Waals surface area (Å²) in [5.41, 5.74) is 3.65. The van der Waals surface area contributed by atoms with Gasteiger partial charge in [-0.05, 0) is 63.5 Å². The molecule has 0 N–H and O–H groups in total. The molecule has 0 unspecified atom stereocenters. The average molecular weight is 455 g/mol. The first-order valence-electron chi connectivity index (χ1n) is 11.4. The summed E-state index contributed by atoms with van der Waals surface area (Å²) >= 11 is 1.55. The van der Waals surface area contributed by atoms with E-state index in [1.165, 1.54) is 16.7 Å². The van der Waals surface area contributed by atoms with Crippen LogP contribution in [0.3, 0.4) is 0 Å². The highest BCUT2D eigenvalue weighted by Crippen LogP contribution is 2.32. The van der Waals surface area contributed by atoms with Gasteiger partial charge < -0.3 is 19.6 Å². The number of carbonyl (C=O) groups is 2. The number of carbonyl (C=O) groups excluding carboxylic acids is 2. The molecule has 2 aromatic rings. The van der Waals surface area contributed by atoms with Gasteiger partial charge in [0.1, 0.15) is 0 Å². The number of urea groups is 1. The van der Waals surface area contributed by atoms with Crippen LogP contribution in [0.4, 0.5) is 4.79 Å². The number of likely N-dealkylation sites (tertiary alicyclic amines) is 2. The maximum Gasteiger partial charge on any atom is 0.320 e. The molecule has 2 fully saturated rings. The molecule has 4 rings (SSSR count). The largest absolute Gasteiger partial charge is 0.336 e. The van der Waals surface area contributed by atoms with Crippen molar-refractivity contribution in [2.45, 2.75) is 38.8 Å². The van der Waals surface area contributed by atoms with E-state index in [0.717, 1.165) is 35.7 Å². The highest BCUT2D eigenvalue weighted by molar-refractivity contribution is 7.17. The molecular formula is C25H34N4O2S. The van der Waals surface area contributed by atoms with E-state index in [0.29, 0.717) is 13.1 Å². The molecule has 1 aromatic heterocycles. The molecule has 3 amide bonds. The van der Waals surface area contributed by atoms with Crippen molar-refractivity contribution in [3.8, 4) is 10.4 Å². The predicted molar refractivity (Wildman–Crippen MR) is 130 cm³/mol. The van der Waals surface area contributed by atoms with Gasteiger partial charge in [0.15, 0.2) is 0 Å². The second-order valence-corrected chi connectivity index (χ2v) is 10.5. The molecule has 1 aromatic carbocycles. The predicted octanol–water partition coefficient (Wildman–Crippen LogP) is 3.93. The summed E-state index contributed by atoms with van der Waals surface area (Å²) in [6.07, 6.45) is 1.84. The number of likely N-dealkylation sites (N-methyl/N-ethyl adjacent to an activating group) is 3. The van der Waals surface area contributed by atoms with Crippen LogP contribution in [-0.2, 0) is 0 Å². The lowest BCUT2D eigenvalue weighted by Gasteiger charge is -2.30. The summed E-state index contributed by atoms with van der Waals surface area (Å²) in [5.74, 6) is 0.0380. The third-order valence-corrected chi connectivity index (χ3v) is 8.09. The summed E-state index contributed by atoms with van der Waals surface area (Å²) in [5, 5.41) is 0. The quantitative estimate of drug-likeness (QED) is 0.703. The Labute approximate surface area is 195 Å². The maximum atomic E-state index is 13.2. The highest BCUT2D eigenvalue weighted by Gasteiger charge is 2.35. The van der Waals surface area contributed by atoms with E-state index in [1.54, 1.807) is 11.3 Å². The van der Waals surface area contributed by atoms with Crippen molar-refractivity contribution in [1.82, 2.24) is 19.6 Å². The number of hydrogen-bond donors (Lipinski definition) is 0. The monoisotopic (exact) mass is 454 g/mol. The second kappa shape index (κ2) is 9.24. The van der Waals surface area contributed by atoms with Crippen molar-refractivity contribution in [3.05, 3.63) is 46.3 Å². The van der Waals surface area contributed by atoms with Crippen LogP contribution in [0.1, 0.15) is 33.6 Å². The van der Waals surface area contributed by atoms with Gasteiger partial charge in [-0.25, -0.2) is 4.79 Å². The van der Waals surface area contributed by atoms with E-state index in [2.05, 4.69) is 44.0 Å². The Balaban J connectivity index is 1.38. The van der Waals surface area contributed by atoms with Gasteiger partial charge >= 0.3 is 6.03 Å². The van der Waals surface area contributed by atoms with E-state index in [1.807, 2.05) is 40.9 Å². The van der Waals surface area contributed by atoms with Crippen LogP contribution in [0.15, 0.2) is 30.3 Å². The first kappa shape index (κ1) is 22.8. The van der Waals surface area contributed by atoms with E-state index >= 15 is 0 Å². The van der Waals surface area contributed by atoms with Crippen molar-refractivity contribution in [2.75, 3.05) is 47.3 Å². The Bertz CT molecular complexity index is 1000. The molecule has 2 atom stereocenters. The van der Waals surface area contributed by atoms with Crippen LogP contribution < -0.4 is 0 Å². The maximum absolute atomic E-state index is 13.2. The lowest BCUT2D eigenvalue weighted by Crippen LogP contribution is -2.47. The number of amides is 3. The summed E-state index contributed by atoms with van der Waals surface area (Å²) in [7, 11) is 5.88. The van der Waals surface area contributed by atoms with Gasteiger partial charge in [0.05, 0.1) is 10.9 Å². The van der Waals surface area contributed by atoms with Crippen molar-refractivity contribution in [1.29, 1.82) is 0 Å². The average Bonchev–Trinajstić information content (AvgIpc) is 3.52. The fourth-order valence-electron chi connectivity index (χ4n) is 4.87. The lowest BCUT2D eigenvalue weighted by molar-refractivity contribution is 0.0739. The number of aryl methyl sites for hydroxylation is 2. The summed E-state index contributed by atoms with van der Waals surface area (Å²) < 4.78 is 0. The van der Waals surface area contributed by atoms with E-state index in [9.17, 15) is 9.59 Å². The molecule has 32 heavy (non-hydrogen) atoms. The lowest BCUT2D eigenvalue weighted by atomic mass is 10.0. The molecule has 0 bridgehead atoms. The van der Waals surface area contributed by atoms with Crippen LogP contribution in [0, 0.1) is 13.8 Å². The number of hydrogen-bond acceptors (Lipinski definition) is 4. The van der Waals surface area contributed by atoms with Crippen LogP contribution in [-0.4, -0.2) is 90.9 Å². The molecule has 0 aliphatic carbocycles. The van der Waals surface area contributed by atoms with Gasteiger partial charge in [-0.15, -0.1) is 11.3 Å². The smallest absolute Gasteiger partial charge is 0.320 e. The topological polar surface area (TPSA) is 47.1 Å². The fourth-order valence-corrected chi connectivity index (χ4v) is 5.95. The highest BCUT2D eigenvalue weighted by atomic mass is 32.1. The summed E-state index contributed by atoms with van der Waals surface area (Å²) in [6.45, 7) is 7.47. The molecule has 2 aliphatic rings. The van der Waals surface area contributed by atoms with Crippen molar-refractivity contribution < 1.29 is 9.59 Å². The van der Waals surface area contributed by atoms with E-state index in [4.69, 9.17) is 0 Å². The van der Waals surface area contributed by atoms with Gasteiger partial charge in [-0.2, -0.15) is 0 Å². The molecule has 0 spiro atoms. The first-order valence-corrected chi connectivity index (χ1v) is 12.2. The Kier molecular flexibility index (Phi) is 6.58. The standard InChI is InChI=1S/C25H34N4O2S/c1-17-6-7-21(18(2)14-17)22-8-9-23(32-22)24(30)27(4)20-11-13-29(16-20)25(31)28(5)19-10-12-26(3)15-19/h6-9,14,19-20H,10-13,15-16H2,1-5H3/t19-,20+/m1/s1. The fraction of sp³-hybridized carbons (Fsp3) is 0.520. The Hall–Kier alpha value is -2.38. The van der Waals surface area contributed by atoms with Gasteiger partial charge in [0, 0.05) is 44.6 Å². The SMILES string of the molecule is Cc1ccc(-c2ccc(C(=O)N(C)[C@H]3CCN(C(=O)N(C)[C@@H]4CCN(C)C4)C3)s2)c(C)c1. The van der Waals surface area contributed by atoms with Crippen LogP contribution in [0.2, 0.25) is 0 Å². The number of benzene rings is 1. The summed E-state index contributed by atoms with van der Waals surface area (Å²) in [4.78, 5) is 35.9. The molecule has 7 heteroatoms. The molecule has 2 saturated heterocycles. The van der Waals surface area contributed by atoms with Crippen molar-refractivity contribution in [2.24, 2.45) is 0 Å². The molecule has 3 heterocycles. The zero-order valence-electron chi connectivity index (χ0n) is 19.8. The molecule has 0 saturated carbocycles. The minimum absolute atomic E-state index is 0.0380. The zero-order valence-corrected chi connectivity index (χ0v) is 20.6. The molecule has 172 valence electrons. The van der Waals surface area contributed by atoms with Crippen molar-refractivity contribution in [3.63, 3.8) is 0 Å². The van der Waals surface area contributed by atoms with Crippen LogP contribution in [0.5, 0.6) is 0 Å². The number of rotatable bonds is 4. The summed E-state index contributed by atoms with van der Waals surface area (Å²) in [6, 6.07) is 10.8. The third-order valence-electron chi connectivity index (χ3n) is 6.98. The van der Waals surface area contributed by atoms with Gasteiger partial charge in [-0.1, -0.05) is 23.8 Å². The first-order chi connectivity index (χ1) is 15.2. The molecule has 6 nitrogen and oxygen atoms in total. The third kappa shape index (κ3) is 4.55. The Morgan fingerprint density at radius 1 is 0.969 bits per heavy atom. The number of thiophene rings is 1. The van der Waals surface area contributed by atoms with E-state index in [-0.39, 0.29) is 24.0 Å². The van der Waals surface area contributed by atoms with Crippen molar-refractivity contribution >= 4 is 23.3 Å². The zero-order chi connectivity index (χ0) is 23.0. The van der Waals surface area contributed by atoms with Gasteiger partial charge in [0.2, 0.25) is 0 Å². The van der Waals surface area contributed by atoms with Crippen LogP contribution in [0.25, 0.3) is 10.4 Å². The molecule has 2 aliphatic heterocycles. The normalized spacial score (nSPS) is 21.2.